The van der Waals surface area contributed by atoms with Crippen LogP contribution in [0.1, 0.15) is 24.4 Å². The Morgan fingerprint density at radius 2 is 2.00 bits per heavy atom. The van der Waals surface area contributed by atoms with Gasteiger partial charge in [-0.2, -0.15) is 22.7 Å². The summed E-state index contributed by atoms with van der Waals surface area (Å²) in [6.07, 6.45) is -4.30. The molecule has 24 heavy (non-hydrogen) atoms. The molecule has 3 heterocycles. The molecule has 1 atom stereocenters. The molecule has 0 aromatic carbocycles. The van der Waals surface area contributed by atoms with Gasteiger partial charge in [0.25, 0.3) is 17.5 Å². The minimum Gasteiger partial charge on any atom is -0.358 e. The summed E-state index contributed by atoms with van der Waals surface area (Å²) < 4.78 is 39.3. The van der Waals surface area contributed by atoms with E-state index in [1.54, 1.807) is 6.92 Å². The predicted octanol–water partition coefficient (Wildman–Crippen LogP) is 1.01. The van der Waals surface area contributed by atoms with Crippen LogP contribution in [0.4, 0.5) is 19.0 Å². The van der Waals surface area contributed by atoms with E-state index >= 15 is 0 Å². The van der Waals surface area contributed by atoms with Crippen molar-refractivity contribution >= 4 is 23.4 Å². The molecule has 0 unspecified atom stereocenters. The normalized spacial score (nSPS) is 19.2. The van der Waals surface area contributed by atoms with Crippen LogP contribution in [-0.4, -0.2) is 49.4 Å². The van der Waals surface area contributed by atoms with Crippen LogP contribution in [-0.2, 0) is 15.8 Å². The van der Waals surface area contributed by atoms with E-state index in [9.17, 15) is 22.8 Å². The molecule has 1 saturated heterocycles. The van der Waals surface area contributed by atoms with Crippen molar-refractivity contribution in [3.63, 3.8) is 0 Å². The number of carbonyl (C=O) groups excluding carboxylic acids is 2. The van der Waals surface area contributed by atoms with Crippen LogP contribution in [0.25, 0.3) is 5.78 Å². The van der Waals surface area contributed by atoms with E-state index in [4.69, 9.17) is 0 Å². The fourth-order valence-corrected chi connectivity index (χ4v) is 2.44. The van der Waals surface area contributed by atoms with E-state index in [-0.39, 0.29) is 30.3 Å². The molecule has 8 nitrogen and oxygen atoms in total. The van der Waals surface area contributed by atoms with Crippen LogP contribution in [0.3, 0.4) is 0 Å². The van der Waals surface area contributed by atoms with E-state index in [0.29, 0.717) is 5.69 Å². The van der Waals surface area contributed by atoms with Crippen molar-refractivity contribution in [1.82, 2.24) is 24.5 Å². The summed E-state index contributed by atoms with van der Waals surface area (Å²) in [6, 6.07) is 0.724. The number of imide groups is 1. The first kappa shape index (κ1) is 16.1. The number of anilines is 1. The Bertz CT molecular complexity index is 831. The second-order valence-electron chi connectivity index (χ2n) is 5.45. The van der Waals surface area contributed by atoms with Gasteiger partial charge in [-0.1, -0.05) is 0 Å². The van der Waals surface area contributed by atoms with Crippen LogP contribution in [0.15, 0.2) is 6.07 Å². The third-order valence-electron chi connectivity index (χ3n) is 3.67. The third kappa shape index (κ3) is 2.76. The number of amides is 2. The van der Waals surface area contributed by atoms with E-state index in [1.165, 1.54) is 13.1 Å². The first-order chi connectivity index (χ1) is 11.2. The standard InChI is InChI=1S/C13H13F3N6O2/c1-6-5-8(18-7-3-4-9(23)21(2)10(7)24)22-12(17-6)19-11(20-22)13(14,15)16/h5,7,18H,3-4H2,1-2H3/t7-/m0/s1. The number of nitrogens with one attached hydrogen (secondary N) is 1. The fourth-order valence-electron chi connectivity index (χ4n) is 2.44. The third-order valence-corrected chi connectivity index (χ3v) is 3.67. The van der Waals surface area contributed by atoms with Gasteiger partial charge in [-0.3, -0.25) is 14.5 Å². The Labute approximate surface area is 133 Å². The molecule has 2 amide bonds. The molecule has 0 saturated carbocycles. The lowest BCUT2D eigenvalue weighted by molar-refractivity contribution is -0.147. The van der Waals surface area contributed by atoms with Crippen LogP contribution in [0.2, 0.25) is 0 Å². The van der Waals surface area contributed by atoms with Crippen LogP contribution < -0.4 is 5.32 Å². The Morgan fingerprint density at radius 1 is 1.29 bits per heavy atom. The van der Waals surface area contributed by atoms with Crippen LogP contribution in [0.5, 0.6) is 0 Å². The fraction of sp³-hybridized carbons (Fsp3) is 0.462. The highest BCUT2D eigenvalue weighted by atomic mass is 19.4. The van der Waals surface area contributed by atoms with Gasteiger partial charge in [0.1, 0.15) is 11.9 Å². The molecule has 128 valence electrons. The number of aromatic nitrogens is 4. The highest BCUT2D eigenvalue weighted by Crippen LogP contribution is 2.27. The number of carbonyl (C=O) groups is 2. The van der Waals surface area contributed by atoms with Crippen LogP contribution >= 0.6 is 0 Å². The maximum absolute atomic E-state index is 12.8. The molecule has 1 N–H and O–H groups in total. The summed E-state index contributed by atoms with van der Waals surface area (Å²) in [5.74, 6) is -2.13. The van der Waals surface area contributed by atoms with Crippen molar-refractivity contribution in [2.75, 3.05) is 12.4 Å². The van der Waals surface area contributed by atoms with E-state index < -0.39 is 23.9 Å². The summed E-state index contributed by atoms with van der Waals surface area (Å²) in [5.41, 5.74) is 0.416. The van der Waals surface area contributed by atoms with E-state index in [2.05, 4.69) is 20.4 Å². The molecule has 2 aromatic rings. The molecule has 2 aromatic heterocycles. The topological polar surface area (TPSA) is 92.5 Å². The zero-order valence-electron chi connectivity index (χ0n) is 12.8. The predicted molar refractivity (Wildman–Crippen MR) is 74.9 cm³/mol. The van der Waals surface area contributed by atoms with Crippen LogP contribution in [0, 0.1) is 6.92 Å². The molecule has 0 bridgehead atoms. The molecule has 11 heteroatoms. The first-order valence-electron chi connectivity index (χ1n) is 7.05. The number of alkyl halides is 3. The lowest BCUT2D eigenvalue weighted by Gasteiger charge is -2.28. The van der Waals surface area contributed by atoms with E-state index in [1.807, 2.05) is 0 Å². The van der Waals surface area contributed by atoms with Gasteiger partial charge in [0.15, 0.2) is 0 Å². The van der Waals surface area contributed by atoms with Gasteiger partial charge < -0.3 is 5.32 Å². The van der Waals surface area contributed by atoms with Gasteiger partial charge in [-0.05, 0) is 13.3 Å². The average molecular weight is 342 g/mol. The number of hydrogen-bond acceptors (Lipinski definition) is 6. The minimum atomic E-state index is -4.70. The number of likely N-dealkylation sites (tertiary alicyclic amines) is 1. The highest BCUT2D eigenvalue weighted by Gasteiger charge is 2.37. The molecular formula is C13H13F3N6O2. The summed E-state index contributed by atoms with van der Waals surface area (Å²) in [7, 11) is 1.36. The van der Waals surface area contributed by atoms with Gasteiger partial charge in [0.05, 0.1) is 0 Å². The number of halogens is 3. The smallest absolute Gasteiger partial charge is 0.358 e. The largest absolute Gasteiger partial charge is 0.453 e. The second kappa shape index (κ2) is 5.42. The van der Waals surface area contributed by atoms with Crippen molar-refractivity contribution in [3.8, 4) is 0 Å². The van der Waals surface area contributed by atoms with Crippen molar-refractivity contribution in [2.24, 2.45) is 0 Å². The molecule has 0 spiro atoms. The Hall–Kier alpha value is -2.72. The zero-order chi connectivity index (χ0) is 17.6. The molecule has 1 aliphatic heterocycles. The van der Waals surface area contributed by atoms with Crippen molar-refractivity contribution in [3.05, 3.63) is 17.6 Å². The van der Waals surface area contributed by atoms with Gasteiger partial charge in [-0.15, -0.1) is 5.10 Å². The highest BCUT2D eigenvalue weighted by molar-refractivity contribution is 6.01. The van der Waals surface area contributed by atoms with Gasteiger partial charge in [0, 0.05) is 25.2 Å². The van der Waals surface area contributed by atoms with E-state index in [0.717, 1.165) is 9.42 Å². The molecule has 1 aliphatic rings. The lowest BCUT2D eigenvalue weighted by atomic mass is 10.0. The quantitative estimate of drug-likeness (QED) is 0.819. The number of nitrogens with zero attached hydrogens (tertiary/aromatic N) is 5. The lowest BCUT2D eigenvalue weighted by Crippen LogP contribution is -2.48. The Morgan fingerprint density at radius 3 is 2.67 bits per heavy atom. The molecular weight excluding hydrogens is 329 g/mol. The number of rotatable bonds is 2. The zero-order valence-corrected chi connectivity index (χ0v) is 12.8. The second-order valence-corrected chi connectivity index (χ2v) is 5.45. The van der Waals surface area contributed by atoms with Crippen molar-refractivity contribution in [2.45, 2.75) is 32.0 Å². The maximum Gasteiger partial charge on any atom is 0.453 e. The number of piperidine rings is 1. The average Bonchev–Trinajstić information content (AvgIpc) is 2.92. The number of fused-ring (bicyclic) bond motifs is 1. The molecule has 1 fully saturated rings. The Balaban J connectivity index is 1.98. The molecule has 3 rings (SSSR count). The monoisotopic (exact) mass is 342 g/mol. The first-order valence-corrected chi connectivity index (χ1v) is 7.05. The van der Waals surface area contributed by atoms with Gasteiger partial charge in [0.2, 0.25) is 5.91 Å². The van der Waals surface area contributed by atoms with Gasteiger partial charge >= 0.3 is 6.18 Å². The minimum absolute atomic E-state index is 0.154. The molecule has 0 aliphatic carbocycles. The SMILES string of the molecule is Cc1cc(N[C@H]2CCC(=O)N(C)C2=O)n2nc(C(F)(F)F)nc2n1. The number of aryl methyl sites for hydroxylation is 1. The summed E-state index contributed by atoms with van der Waals surface area (Å²) in [5, 5.41) is 6.25. The van der Waals surface area contributed by atoms with Crippen molar-refractivity contribution in [1.29, 1.82) is 0 Å². The number of likely N-dealkylation sites (N-methyl/N-ethyl adjacent to an activating group) is 1. The number of hydrogen-bond donors (Lipinski definition) is 1. The maximum atomic E-state index is 12.8. The van der Waals surface area contributed by atoms with Gasteiger partial charge in [-0.25, -0.2) is 4.98 Å². The summed E-state index contributed by atoms with van der Waals surface area (Å²) in [4.78, 5) is 31.9. The van der Waals surface area contributed by atoms with Crippen molar-refractivity contribution < 1.29 is 22.8 Å². The molecule has 0 radical (unpaired) electrons. The summed E-state index contributed by atoms with van der Waals surface area (Å²) >= 11 is 0. The summed E-state index contributed by atoms with van der Waals surface area (Å²) in [6.45, 7) is 1.59. The Kier molecular flexibility index (Phi) is 3.65.